The summed E-state index contributed by atoms with van der Waals surface area (Å²) < 4.78 is 10.8. The number of carbonyl (C=O) groups excluding carboxylic acids is 1. The predicted molar refractivity (Wildman–Crippen MR) is 102 cm³/mol. The van der Waals surface area contributed by atoms with Crippen LogP contribution in [0.3, 0.4) is 0 Å². The minimum absolute atomic E-state index is 0.119. The minimum Gasteiger partial charge on any atom is -0.493 e. The first-order valence-corrected chi connectivity index (χ1v) is 8.27. The maximum atomic E-state index is 12.8. The molecule has 1 amide bonds. The monoisotopic (exact) mass is 359 g/mol. The lowest BCUT2D eigenvalue weighted by Crippen LogP contribution is -2.26. The number of halogens is 1. The van der Waals surface area contributed by atoms with Gasteiger partial charge >= 0.3 is 0 Å². The summed E-state index contributed by atoms with van der Waals surface area (Å²) >= 11 is 6.19. The molecule has 0 bridgehead atoms. The molecule has 0 saturated heterocycles. The topological polar surface area (TPSA) is 38.8 Å². The van der Waals surface area contributed by atoms with Gasteiger partial charge in [-0.1, -0.05) is 42.0 Å². The van der Waals surface area contributed by atoms with E-state index in [-0.39, 0.29) is 5.91 Å². The maximum Gasteiger partial charge on any atom is 0.254 e. The standard InChI is InChI=1S/C20H22ClNO3/c1-5-8-14-11-16(12-18(24-3)19(14)25-4)20(23)22(2)13-15-9-6-7-10-17(15)21/h5-12H,13H2,1-4H3/b8-5+. The Morgan fingerprint density at radius 3 is 2.52 bits per heavy atom. The molecule has 0 spiro atoms. The minimum atomic E-state index is -0.119. The van der Waals surface area contributed by atoms with Crippen LogP contribution in [0, 0.1) is 0 Å². The van der Waals surface area contributed by atoms with E-state index in [2.05, 4.69) is 0 Å². The summed E-state index contributed by atoms with van der Waals surface area (Å²) in [6.45, 7) is 2.33. The summed E-state index contributed by atoms with van der Waals surface area (Å²) in [4.78, 5) is 14.5. The van der Waals surface area contributed by atoms with E-state index in [0.29, 0.717) is 28.6 Å². The second-order valence-corrected chi connectivity index (χ2v) is 5.96. The summed E-state index contributed by atoms with van der Waals surface area (Å²) in [5.41, 5.74) is 2.22. The SMILES string of the molecule is C/C=C/c1cc(C(=O)N(C)Cc2ccccc2Cl)cc(OC)c1OC. The lowest BCUT2D eigenvalue weighted by Gasteiger charge is -2.20. The van der Waals surface area contributed by atoms with Crippen molar-refractivity contribution in [2.24, 2.45) is 0 Å². The Kier molecular flexibility index (Phi) is 6.48. The predicted octanol–water partition coefficient (Wildman–Crippen LogP) is 4.66. The van der Waals surface area contributed by atoms with Crippen LogP contribution in [0.15, 0.2) is 42.5 Å². The largest absolute Gasteiger partial charge is 0.493 e. The molecule has 0 saturated carbocycles. The highest BCUT2D eigenvalue weighted by molar-refractivity contribution is 6.31. The first-order chi connectivity index (χ1) is 12.0. The summed E-state index contributed by atoms with van der Waals surface area (Å²) in [5, 5.41) is 0.643. The maximum absolute atomic E-state index is 12.8. The molecular formula is C20H22ClNO3. The number of amides is 1. The van der Waals surface area contributed by atoms with Gasteiger partial charge in [0.05, 0.1) is 14.2 Å². The summed E-state index contributed by atoms with van der Waals surface area (Å²) in [7, 11) is 4.88. The van der Waals surface area contributed by atoms with Crippen LogP contribution in [0.5, 0.6) is 11.5 Å². The fraction of sp³-hybridized carbons (Fsp3) is 0.250. The third-order valence-electron chi connectivity index (χ3n) is 3.81. The van der Waals surface area contributed by atoms with Crippen LogP contribution in [0.2, 0.25) is 5.02 Å². The second kappa shape index (κ2) is 8.58. The number of nitrogens with zero attached hydrogens (tertiary/aromatic N) is 1. The average Bonchev–Trinajstić information content (AvgIpc) is 2.62. The molecule has 2 aromatic rings. The van der Waals surface area contributed by atoms with E-state index in [0.717, 1.165) is 11.1 Å². The van der Waals surface area contributed by atoms with Crippen molar-refractivity contribution < 1.29 is 14.3 Å². The van der Waals surface area contributed by atoms with Crippen molar-refractivity contribution in [2.75, 3.05) is 21.3 Å². The molecule has 0 N–H and O–H groups in total. The van der Waals surface area contributed by atoms with Crippen molar-refractivity contribution in [2.45, 2.75) is 13.5 Å². The molecular weight excluding hydrogens is 338 g/mol. The Morgan fingerprint density at radius 2 is 1.92 bits per heavy atom. The molecule has 0 unspecified atom stereocenters. The molecule has 0 atom stereocenters. The number of allylic oxidation sites excluding steroid dienone is 1. The Balaban J connectivity index is 2.35. The number of rotatable bonds is 6. The third-order valence-corrected chi connectivity index (χ3v) is 4.18. The summed E-state index contributed by atoms with van der Waals surface area (Å²) in [6.07, 6.45) is 3.77. The zero-order valence-corrected chi connectivity index (χ0v) is 15.6. The van der Waals surface area contributed by atoms with Crippen LogP contribution in [0.1, 0.15) is 28.4 Å². The number of ether oxygens (including phenoxy) is 2. The molecule has 5 heteroatoms. The van der Waals surface area contributed by atoms with Crippen LogP contribution >= 0.6 is 11.6 Å². The van der Waals surface area contributed by atoms with Crippen LogP contribution in [0.25, 0.3) is 6.08 Å². The third kappa shape index (κ3) is 4.34. The molecule has 0 aromatic heterocycles. The molecule has 0 heterocycles. The van der Waals surface area contributed by atoms with E-state index < -0.39 is 0 Å². The molecule has 25 heavy (non-hydrogen) atoms. The normalized spacial score (nSPS) is 10.8. The zero-order valence-electron chi connectivity index (χ0n) is 14.9. The smallest absolute Gasteiger partial charge is 0.254 e. The Bertz CT molecular complexity index is 787. The van der Waals surface area contributed by atoms with Crippen molar-refractivity contribution in [1.82, 2.24) is 4.90 Å². The molecule has 0 aliphatic rings. The summed E-state index contributed by atoms with van der Waals surface area (Å²) in [6, 6.07) is 11.0. The van der Waals surface area contributed by atoms with E-state index in [1.165, 1.54) is 0 Å². The molecule has 4 nitrogen and oxygen atoms in total. The number of carbonyl (C=O) groups is 1. The van der Waals surface area contributed by atoms with Crippen LogP contribution < -0.4 is 9.47 Å². The van der Waals surface area contributed by atoms with Gasteiger partial charge in [0.2, 0.25) is 0 Å². The molecule has 0 radical (unpaired) electrons. The van der Waals surface area contributed by atoms with Gasteiger partial charge in [-0.05, 0) is 30.7 Å². The van der Waals surface area contributed by atoms with E-state index in [1.807, 2.05) is 43.3 Å². The molecule has 0 aliphatic carbocycles. The molecule has 132 valence electrons. The van der Waals surface area contributed by atoms with Crippen LogP contribution in [-0.4, -0.2) is 32.1 Å². The van der Waals surface area contributed by atoms with Crippen molar-refractivity contribution in [3.63, 3.8) is 0 Å². The van der Waals surface area contributed by atoms with Gasteiger partial charge in [-0.25, -0.2) is 0 Å². The molecule has 0 aliphatic heterocycles. The highest BCUT2D eigenvalue weighted by Gasteiger charge is 2.18. The van der Waals surface area contributed by atoms with E-state index in [9.17, 15) is 4.79 Å². The van der Waals surface area contributed by atoms with Gasteiger partial charge in [-0.2, -0.15) is 0 Å². The van der Waals surface area contributed by atoms with Gasteiger partial charge in [0, 0.05) is 29.7 Å². The fourth-order valence-corrected chi connectivity index (χ4v) is 2.79. The summed E-state index contributed by atoms with van der Waals surface area (Å²) in [5.74, 6) is 1.00. The van der Waals surface area contributed by atoms with E-state index in [4.69, 9.17) is 21.1 Å². The lowest BCUT2D eigenvalue weighted by atomic mass is 10.1. The highest BCUT2D eigenvalue weighted by Crippen LogP contribution is 2.34. The second-order valence-electron chi connectivity index (χ2n) is 5.55. The molecule has 2 rings (SSSR count). The number of benzene rings is 2. The Labute approximate surface area is 153 Å². The van der Waals surface area contributed by atoms with Gasteiger partial charge in [0.25, 0.3) is 5.91 Å². The first kappa shape index (κ1) is 18.9. The average molecular weight is 360 g/mol. The van der Waals surface area contributed by atoms with Crippen molar-refractivity contribution in [3.05, 3.63) is 64.2 Å². The van der Waals surface area contributed by atoms with Crippen molar-refractivity contribution >= 4 is 23.6 Å². The van der Waals surface area contributed by atoms with Crippen LogP contribution in [-0.2, 0) is 6.54 Å². The van der Waals surface area contributed by atoms with E-state index >= 15 is 0 Å². The Morgan fingerprint density at radius 1 is 1.20 bits per heavy atom. The van der Waals surface area contributed by atoms with Crippen molar-refractivity contribution in [1.29, 1.82) is 0 Å². The first-order valence-electron chi connectivity index (χ1n) is 7.89. The van der Waals surface area contributed by atoms with Gasteiger partial charge in [-0.15, -0.1) is 0 Å². The van der Waals surface area contributed by atoms with Gasteiger partial charge in [0.15, 0.2) is 11.5 Å². The van der Waals surface area contributed by atoms with Gasteiger partial charge in [-0.3, -0.25) is 4.79 Å². The number of methoxy groups -OCH3 is 2. The number of hydrogen-bond donors (Lipinski definition) is 0. The number of hydrogen-bond acceptors (Lipinski definition) is 3. The quantitative estimate of drug-likeness (QED) is 0.752. The van der Waals surface area contributed by atoms with Crippen molar-refractivity contribution in [3.8, 4) is 11.5 Å². The fourth-order valence-electron chi connectivity index (χ4n) is 2.60. The molecule has 0 fully saturated rings. The molecule has 2 aromatic carbocycles. The van der Waals surface area contributed by atoms with E-state index in [1.54, 1.807) is 38.3 Å². The van der Waals surface area contributed by atoms with Gasteiger partial charge < -0.3 is 14.4 Å². The zero-order chi connectivity index (χ0) is 18.4. The highest BCUT2D eigenvalue weighted by atomic mass is 35.5. The van der Waals surface area contributed by atoms with Crippen LogP contribution in [0.4, 0.5) is 0 Å². The lowest BCUT2D eigenvalue weighted by molar-refractivity contribution is 0.0784. The van der Waals surface area contributed by atoms with Gasteiger partial charge in [0.1, 0.15) is 0 Å². The Hall–Kier alpha value is -2.46.